The maximum Gasteiger partial charge on any atom is 0.234 e. The molecule has 0 atom stereocenters. The predicted molar refractivity (Wildman–Crippen MR) is 104 cm³/mol. The number of rotatable bonds is 7. The van der Waals surface area contributed by atoms with Gasteiger partial charge in [0.15, 0.2) is 11.6 Å². The average molecular weight is 379 g/mol. The summed E-state index contributed by atoms with van der Waals surface area (Å²) in [6.07, 6.45) is 0.415. The Labute approximate surface area is 157 Å². The third kappa shape index (κ3) is 5.52. The van der Waals surface area contributed by atoms with Crippen LogP contribution in [0.4, 0.5) is 17.3 Å². The molecule has 0 amide bonds. The van der Waals surface area contributed by atoms with Crippen molar-refractivity contribution in [3.8, 4) is 6.07 Å². The normalized spacial score (nSPS) is 10.8. The summed E-state index contributed by atoms with van der Waals surface area (Å²) in [5.74, 6) is 0.552. The summed E-state index contributed by atoms with van der Waals surface area (Å²) in [5.41, 5.74) is 2.17. The summed E-state index contributed by atoms with van der Waals surface area (Å²) in [7, 11) is -3.52. The van der Waals surface area contributed by atoms with Crippen molar-refractivity contribution in [1.29, 1.82) is 5.26 Å². The molecular weight excluding hydrogens is 362 g/mol. The first-order valence-electron chi connectivity index (χ1n) is 8.19. The summed E-state index contributed by atoms with van der Waals surface area (Å²) >= 11 is 0. The SMILES string of the molecule is N#Cc1cccc(Nc2ccc(NS(=O)(=O)CCc3ccccc3)nn2)c1. The fourth-order valence-corrected chi connectivity index (χ4v) is 3.41. The lowest BCUT2D eigenvalue weighted by molar-refractivity contribution is 0.600. The monoisotopic (exact) mass is 379 g/mol. The number of hydrogen-bond donors (Lipinski definition) is 2. The van der Waals surface area contributed by atoms with Crippen molar-refractivity contribution < 1.29 is 8.42 Å². The highest BCUT2D eigenvalue weighted by Gasteiger charge is 2.12. The van der Waals surface area contributed by atoms with E-state index in [0.29, 0.717) is 23.5 Å². The molecule has 0 unspecified atom stereocenters. The Morgan fingerprint density at radius 2 is 1.67 bits per heavy atom. The van der Waals surface area contributed by atoms with Crippen molar-refractivity contribution in [2.75, 3.05) is 15.8 Å². The van der Waals surface area contributed by atoms with Gasteiger partial charge in [-0.15, -0.1) is 10.2 Å². The molecule has 0 fully saturated rings. The molecule has 1 aromatic heterocycles. The van der Waals surface area contributed by atoms with Crippen LogP contribution in [0.25, 0.3) is 0 Å². The maximum atomic E-state index is 12.2. The second-order valence-corrected chi connectivity index (χ2v) is 7.62. The molecule has 7 nitrogen and oxygen atoms in total. The Kier molecular flexibility index (Phi) is 5.64. The Bertz CT molecular complexity index is 1050. The number of aromatic nitrogens is 2. The first kappa shape index (κ1) is 18.4. The molecule has 0 aliphatic rings. The van der Waals surface area contributed by atoms with Crippen molar-refractivity contribution in [2.45, 2.75) is 6.42 Å². The molecule has 8 heteroatoms. The molecule has 0 saturated heterocycles. The van der Waals surface area contributed by atoms with Crippen LogP contribution in [0.2, 0.25) is 0 Å². The molecule has 0 aliphatic carbocycles. The van der Waals surface area contributed by atoms with Crippen molar-refractivity contribution in [3.63, 3.8) is 0 Å². The van der Waals surface area contributed by atoms with E-state index in [1.807, 2.05) is 30.3 Å². The van der Waals surface area contributed by atoms with Crippen molar-refractivity contribution in [3.05, 3.63) is 77.9 Å². The smallest absolute Gasteiger partial charge is 0.234 e. The number of nitrogens with zero attached hydrogens (tertiary/aromatic N) is 3. The molecule has 0 saturated carbocycles. The van der Waals surface area contributed by atoms with E-state index in [0.717, 1.165) is 5.56 Å². The first-order chi connectivity index (χ1) is 13.0. The number of nitrogens with one attached hydrogen (secondary N) is 2. The number of anilines is 3. The lowest BCUT2D eigenvalue weighted by atomic mass is 10.2. The van der Waals surface area contributed by atoms with Crippen molar-refractivity contribution >= 4 is 27.3 Å². The van der Waals surface area contributed by atoms with Gasteiger partial charge >= 0.3 is 0 Å². The molecule has 0 bridgehead atoms. The van der Waals surface area contributed by atoms with Gasteiger partial charge in [0, 0.05) is 5.69 Å². The summed E-state index contributed by atoms with van der Waals surface area (Å²) in [6, 6.07) is 21.5. The fourth-order valence-electron chi connectivity index (χ4n) is 2.37. The van der Waals surface area contributed by atoms with E-state index in [9.17, 15) is 8.42 Å². The molecule has 0 aliphatic heterocycles. The molecule has 136 valence electrons. The maximum absolute atomic E-state index is 12.2. The summed E-state index contributed by atoms with van der Waals surface area (Å²) in [5, 5.41) is 19.8. The molecule has 1 heterocycles. The Balaban J connectivity index is 1.60. The zero-order chi connectivity index (χ0) is 19.1. The summed E-state index contributed by atoms with van der Waals surface area (Å²) < 4.78 is 26.8. The van der Waals surface area contributed by atoms with E-state index in [2.05, 4.69) is 26.3 Å². The number of nitriles is 1. The Morgan fingerprint density at radius 3 is 2.37 bits per heavy atom. The van der Waals surface area contributed by atoms with Gasteiger partial charge in [-0.05, 0) is 42.3 Å². The van der Waals surface area contributed by atoms with Crippen LogP contribution in [0.15, 0.2) is 66.7 Å². The molecule has 2 N–H and O–H groups in total. The van der Waals surface area contributed by atoms with Gasteiger partial charge in [-0.25, -0.2) is 8.42 Å². The molecule has 27 heavy (non-hydrogen) atoms. The summed E-state index contributed by atoms with van der Waals surface area (Å²) in [6.45, 7) is 0. The van der Waals surface area contributed by atoms with Gasteiger partial charge in [-0.2, -0.15) is 5.26 Å². The van der Waals surface area contributed by atoms with Gasteiger partial charge < -0.3 is 5.32 Å². The average Bonchev–Trinajstić information content (AvgIpc) is 2.69. The van der Waals surface area contributed by atoms with Crippen LogP contribution >= 0.6 is 0 Å². The standard InChI is InChI=1S/C19H17N5O2S/c20-14-16-7-4-8-17(13-16)21-18-9-10-19(23-22-18)24-27(25,26)12-11-15-5-2-1-3-6-15/h1-10,13H,11-12H2,(H,21,22)(H,23,24). The quantitative estimate of drug-likeness (QED) is 0.653. The van der Waals surface area contributed by atoms with Crippen LogP contribution in [0, 0.1) is 11.3 Å². The second kappa shape index (κ2) is 8.29. The third-order valence-corrected chi connectivity index (χ3v) is 4.95. The van der Waals surface area contributed by atoms with Gasteiger partial charge in [0.25, 0.3) is 0 Å². The zero-order valence-electron chi connectivity index (χ0n) is 14.3. The minimum absolute atomic E-state index is 0.0420. The number of benzene rings is 2. The highest BCUT2D eigenvalue weighted by atomic mass is 32.2. The van der Waals surface area contributed by atoms with E-state index in [1.54, 1.807) is 30.3 Å². The van der Waals surface area contributed by atoms with Crippen LogP contribution in [0.5, 0.6) is 0 Å². The van der Waals surface area contributed by atoms with Crippen molar-refractivity contribution in [1.82, 2.24) is 10.2 Å². The van der Waals surface area contributed by atoms with Crippen LogP contribution in [-0.2, 0) is 16.4 Å². The largest absolute Gasteiger partial charge is 0.339 e. The zero-order valence-corrected chi connectivity index (χ0v) is 15.1. The van der Waals surface area contributed by atoms with Crippen LogP contribution in [0.3, 0.4) is 0 Å². The minimum Gasteiger partial charge on any atom is -0.339 e. The third-order valence-electron chi connectivity index (χ3n) is 3.69. The van der Waals surface area contributed by atoms with E-state index in [4.69, 9.17) is 5.26 Å². The molecule has 2 aromatic carbocycles. The number of sulfonamides is 1. The molecule has 3 aromatic rings. The lowest BCUT2D eigenvalue weighted by Gasteiger charge is -2.08. The van der Waals surface area contributed by atoms with Gasteiger partial charge in [-0.1, -0.05) is 36.4 Å². The lowest BCUT2D eigenvalue weighted by Crippen LogP contribution is -2.19. The van der Waals surface area contributed by atoms with Gasteiger partial charge in [0.2, 0.25) is 10.0 Å². The molecule has 0 radical (unpaired) electrons. The van der Waals surface area contributed by atoms with Gasteiger partial charge in [-0.3, -0.25) is 4.72 Å². The highest BCUT2D eigenvalue weighted by molar-refractivity contribution is 7.92. The summed E-state index contributed by atoms with van der Waals surface area (Å²) in [4.78, 5) is 0. The van der Waals surface area contributed by atoms with E-state index >= 15 is 0 Å². The topological polar surface area (TPSA) is 108 Å². The minimum atomic E-state index is -3.52. The van der Waals surface area contributed by atoms with Crippen LogP contribution < -0.4 is 10.0 Å². The Hall–Kier alpha value is -3.44. The van der Waals surface area contributed by atoms with E-state index in [1.165, 1.54) is 6.07 Å². The van der Waals surface area contributed by atoms with E-state index < -0.39 is 10.0 Å². The number of aryl methyl sites for hydroxylation is 1. The highest BCUT2D eigenvalue weighted by Crippen LogP contribution is 2.16. The molecule has 0 spiro atoms. The first-order valence-corrected chi connectivity index (χ1v) is 9.85. The fraction of sp³-hybridized carbons (Fsp3) is 0.105. The molecular formula is C19H17N5O2S. The predicted octanol–water partition coefficient (Wildman–Crippen LogP) is 3.08. The van der Waals surface area contributed by atoms with Crippen molar-refractivity contribution in [2.24, 2.45) is 0 Å². The van der Waals surface area contributed by atoms with Gasteiger partial charge in [0.1, 0.15) is 0 Å². The van der Waals surface area contributed by atoms with Crippen LogP contribution in [-0.4, -0.2) is 24.4 Å². The molecule has 3 rings (SSSR count). The second-order valence-electron chi connectivity index (χ2n) is 5.78. The Morgan fingerprint density at radius 1 is 0.926 bits per heavy atom. The van der Waals surface area contributed by atoms with Gasteiger partial charge in [0.05, 0.1) is 17.4 Å². The van der Waals surface area contributed by atoms with Crippen LogP contribution in [0.1, 0.15) is 11.1 Å². The van der Waals surface area contributed by atoms with E-state index in [-0.39, 0.29) is 11.6 Å². The number of hydrogen-bond acceptors (Lipinski definition) is 6.